The summed E-state index contributed by atoms with van der Waals surface area (Å²) in [6, 6.07) is -1.77. The highest BCUT2D eigenvalue weighted by Gasteiger charge is 2.37. The molecule has 26 heavy (non-hydrogen) atoms. The molecule has 2 heterocycles. The second kappa shape index (κ2) is 9.88. The lowest BCUT2D eigenvalue weighted by molar-refractivity contribution is -0.158. The number of nitrogens with two attached hydrogens (primary N) is 1. The number of hydrogen-bond acceptors (Lipinski definition) is 7. The van der Waals surface area contributed by atoms with Gasteiger partial charge >= 0.3 is 5.97 Å². The van der Waals surface area contributed by atoms with Crippen LogP contribution in [0, 0.1) is 0 Å². The average molecular weight is 388 g/mol. The minimum atomic E-state index is -0.896. The first-order valence-corrected chi connectivity index (χ1v) is 7.95. The summed E-state index contributed by atoms with van der Waals surface area (Å²) < 4.78 is 4.75. The Kier molecular flexibility index (Phi) is 8.20. The smallest absolute Gasteiger partial charge is 0.326 e. The van der Waals surface area contributed by atoms with Gasteiger partial charge in [-0.05, 0) is 13.3 Å². The summed E-state index contributed by atoms with van der Waals surface area (Å²) in [5.41, 5.74) is 6.52. The molecule has 1 aromatic heterocycles. The van der Waals surface area contributed by atoms with Gasteiger partial charge in [0.2, 0.25) is 11.8 Å². The molecule has 1 saturated heterocycles. The first kappa shape index (κ1) is 21.6. The standard InChI is InChI=1S/C15H21N5O5.ClH/c1-2-25-13(22)7-20-12(21)4-3-11(15(20)24)19-14(23)10(16)5-9-6-17-8-18-9;/h6,8,10-11H,2-5,7,16H2,1H3,(H,17,18)(H,19,23);1H/t10-,11-;/m0./s1. The van der Waals surface area contributed by atoms with Crippen LogP contribution >= 0.6 is 12.4 Å². The maximum absolute atomic E-state index is 12.4. The van der Waals surface area contributed by atoms with Crippen molar-refractivity contribution < 1.29 is 23.9 Å². The van der Waals surface area contributed by atoms with Gasteiger partial charge < -0.3 is 20.8 Å². The quantitative estimate of drug-likeness (QED) is 0.397. The van der Waals surface area contributed by atoms with E-state index in [-0.39, 0.29) is 38.3 Å². The number of hydrogen-bond donors (Lipinski definition) is 3. The number of imidazole rings is 1. The maximum atomic E-state index is 12.4. The Labute approximate surface area is 156 Å². The summed E-state index contributed by atoms with van der Waals surface area (Å²) in [5.74, 6) is -2.29. The van der Waals surface area contributed by atoms with E-state index in [0.717, 1.165) is 4.90 Å². The van der Waals surface area contributed by atoms with Gasteiger partial charge in [0.1, 0.15) is 12.6 Å². The molecule has 0 aliphatic carbocycles. The summed E-state index contributed by atoms with van der Waals surface area (Å²) in [7, 11) is 0. The number of piperidine rings is 1. The van der Waals surface area contributed by atoms with Crippen molar-refractivity contribution in [3.63, 3.8) is 0 Å². The number of amides is 3. The number of halogens is 1. The van der Waals surface area contributed by atoms with Crippen LogP contribution in [0.5, 0.6) is 0 Å². The Bertz CT molecular complexity index is 651. The average Bonchev–Trinajstić information content (AvgIpc) is 3.07. The van der Waals surface area contributed by atoms with Gasteiger partial charge in [-0.25, -0.2) is 4.98 Å². The summed E-state index contributed by atoms with van der Waals surface area (Å²) >= 11 is 0. The lowest BCUT2D eigenvalue weighted by Crippen LogP contribution is -2.58. The number of carbonyl (C=O) groups excluding carboxylic acids is 4. The van der Waals surface area contributed by atoms with E-state index < -0.39 is 42.3 Å². The number of likely N-dealkylation sites (tertiary alicyclic amines) is 1. The zero-order valence-electron chi connectivity index (χ0n) is 14.3. The highest BCUT2D eigenvalue weighted by Crippen LogP contribution is 2.14. The minimum Gasteiger partial charge on any atom is -0.465 e. The molecule has 1 fully saturated rings. The molecule has 0 spiro atoms. The number of aromatic nitrogens is 2. The van der Waals surface area contributed by atoms with E-state index in [4.69, 9.17) is 10.5 Å². The summed E-state index contributed by atoms with van der Waals surface area (Å²) in [5, 5.41) is 2.54. The fourth-order valence-electron chi connectivity index (χ4n) is 2.48. The van der Waals surface area contributed by atoms with Gasteiger partial charge in [-0.2, -0.15) is 0 Å². The fraction of sp³-hybridized carbons (Fsp3) is 0.533. The highest BCUT2D eigenvalue weighted by atomic mass is 35.5. The van der Waals surface area contributed by atoms with Crippen LogP contribution in [0.4, 0.5) is 0 Å². The minimum absolute atomic E-state index is 0. The summed E-state index contributed by atoms with van der Waals surface area (Å²) in [4.78, 5) is 55.4. The molecule has 0 radical (unpaired) electrons. The van der Waals surface area contributed by atoms with Crippen molar-refractivity contribution in [1.82, 2.24) is 20.2 Å². The van der Waals surface area contributed by atoms with E-state index in [1.165, 1.54) is 6.33 Å². The SMILES string of the molecule is CCOC(=O)CN1C(=O)CC[C@H](NC(=O)[C@@H](N)Cc2cnc[nH]2)C1=O.Cl. The van der Waals surface area contributed by atoms with Gasteiger partial charge in [0, 0.05) is 24.7 Å². The van der Waals surface area contributed by atoms with Crippen molar-refractivity contribution in [2.75, 3.05) is 13.2 Å². The third-order valence-corrected chi connectivity index (χ3v) is 3.75. The van der Waals surface area contributed by atoms with E-state index in [2.05, 4.69) is 15.3 Å². The van der Waals surface area contributed by atoms with Crippen LogP contribution in [-0.4, -0.2) is 63.8 Å². The maximum Gasteiger partial charge on any atom is 0.326 e. The fourth-order valence-corrected chi connectivity index (χ4v) is 2.48. The molecule has 3 amide bonds. The zero-order valence-corrected chi connectivity index (χ0v) is 15.1. The first-order valence-electron chi connectivity index (χ1n) is 7.95. The normalized spacial score (nSPS) is 18.1. The second-order valence-electron chi connectivity index (χ2n) is 5.61. The Morgan fingerprint density at radius 1 is 1.50 bits per heavy atom. The van der Waals surface area contributed by atoms with Gasteiger partial charge in [-0.1, -0.05) is 0 Å². The van der Waals surface area contributed by atoms with Gasteiger partial charge in [0.05, 0.1) is 19.0 Å². The van der Waals surface area contributed by atoms with Gasteiger partial charge in [-0.15, -0.1) is 12.4 Å². The molecule has 11 heteroatoms. The molecule has 2 rings (SSSR count). The molecule has 0 unspecified atom stereocenters. The van der Waals surface area contributed by atoms with Crippen LogP contribution in [0.2, 0.25) is 0 Å². The number of ether oxygens (including phenoxy) is 1. The number of imide groups is 1. The van der Waals surface area contributed by atoms with E-state index in [0.29, 0.717) is 5.69 Å². The number of aromatic amines is 1. The molecule has 1 aromatic rings. The monoisotopic (exact) mass is 387 g/mol. The topological polar surface area (TPSA) is 147 Å². The number of H-pyrrole nitrogens is 1. The van der Waals surface area contributed by atoms with Gasteiger partial charge in [-0.3, -0.25) is 24.1 Å². The second-order valence-corrected chi connectivity index (χ2v) is 5.61. The van der Waals surface area contributed by atoms with Crippen LogP contribution in [0.3, 0.4) is 0 Å². The molecule has 4 N–H and O–H groups in total. The third-order valence-electron chi connectivity index (χ3n) is 3.75. The molecule has 1 aliphatic rings. The molecular weight excluding hydrogens is 366 g/mol. The van der Waals surface area contributed by atoms with Crippen LogP contribution < -0.4 is 11.1 Å². The number of esters is 1. The number of nitrogens with zero attached hydrogens (tertiary/aromatic N) is 2. The Morgan fingerprint density at radius 3 is 2.85 bits per heavy atom. The zero-order chi connectivity index (χ0) is 18.4. The van der Waals surface area contributed by atoms with Crippen LogP contribution in [0.15, 0.2) is 12.5 Å². The third kappa shape index (κ3) is 5.53. The van der Waals surface area contributed by atoms with E-state index in [9.17, 15) is 19.2 Å². The first-order chi connectivity index (χ1) is 11.9. The molecular formula is C15H22ClN5O5. The number of rotatable bonds is 7. The van der Waals surface area contributed by atoms with Crippen molar-refractivity contribution >= 4 is 36.1 Å². The Morgan fingerprint density at radius 2 is 2.23 bits per heavy atom. The molecule has 0 saturated carbocycles. The van der Waals surface area contributed by atoms with E-state index >= 15 is 0 Å². The van der Waals surface area contributed by atoms with Gasteiger partial charge in [0.25, 0.3) is 5.91 Å². The molecule has 1 aliphatic heterocycles. The number of nitrogens with one attached hydrogen (secondary N) is 2. The molecule has 10 nitrogen and oxygen atoms in total. The Balaban J connectivity index is 0.00000338. The lowest BCUT2D eigenvalue weighted by Gasteiger charge is -2.30. The Hall–Kier alpha value is -2.46. The van der Waals surface area contributed by atoms with Crippen LogP contribution in [-0.2, 0) is 30.3 Å². The highest BCUT2D eigenvalue weighted by molar-refractivity contribution is 6.04. The van der Waals surface area contributed by atoms with Crippen molar-refractivity contribution in [1.29, 1.82) is 0 Å². The van der Waals surface area contributed by atoms with Gasteiger partial charge in [0.15, 0.2) is 0 Å². The predicted octanol–water partition coefficient (Wildman–Crippen LogP) is -1.10. The van der Waals surface area contributed by atoms with Crippen LogP contribution in [0.25, 0.3) is 0 Å². The van der Waals surface area contributed by atoms with Crippen molar-refractivity contribution in [3.05, 3.63) is 18.2 Å². The van der Waals surface area contributed by atoms with Crippen LogP contribution in [0.1, 0.15) is 25.5 Å². The molecule has 2 atom stereocenters. The summed E-state index contributed by atoms with van der Waals surface area (Å²) in [6.45, 7) is 1.32. The van der Waals surface area contributed by atoms with Crippen molar-refractivity contribution in [2.24, 2.45) is 5.73 Å². The van der Waals surface area contributed by atoms with Crippen molar-refractivity contribution in [3.8, 4) is 0 Å². The lowest BCUT2D eigenvalue weighted by atomic mass is 10.0. The van der Waals surface area contributed by atoms with Crippen molar-refractivity contribution in [2.45, 2.75) is 38.3 Å². The molecule has 144 valence electrons. The number of carbonyl (C=O) groups is 4. The molecule has 0 bridgehead atoms. The van der Waals surface area contributed by atoms with E-state index in [1.807, 2.05) is 0 Å². The predicted molar refractivity (Wildman–Crippen MR) is 92.0 cm³/mol. The largest absolute Gasteiger partial charge is 0.465 e. The molecule has 0 aromatic carbocycles. The van der Waals surface area contributed by atoms with E-state index in [1.54, 1.807) is 13.1 Å². The summed E-state index contributed by atoms with van der Waals surface area (Å²) in [6.07, 6.45) is 3.48.